The maximum absolute atomic E-state index is 13.5. The van der Waals surface area contributed by atoms with Crippen LogP contribution in [0.5, 0.6) is 0 Å². The van der Waals surface area contributed by atoms with Crippen molar-refractivity contribution in [2.45, 2.75) is 43.2 Å². The lowest BCUT2D eigenvalue weighted by molar-refractivity contribution is -0.387. The van der Waals surface area contributed by atoms with E-state index in [0.717, 1.165) is 13.0 Å². The van der Waals surface area contributed by atoms with E-state index in [1.54, 1.807) is 11.8 Å². The van der Waals surface area contributed by atoms with Crippen molar-refractivity contribution in [2.24, 2.45) is 0 Å². The second-order valence-electron chi connectivity index (χ2n) is 8.51. The molecule has 2 aromatic carbocycles. The molecule has 12 heteroatoms. The number of hydrogen-bond donors (Lipinski definition) is 0. The molecule has 3 rings (SSSR count). The first-order chi connectivity index (χ1) is 16.4. The molecule has 1 aliphatic rings. The number of nitro groups is 1. The Balaban J connectivity index is 1.80. The zero-order chi connectivity index (χ0) is 26.0. The molecule has 0 bridgehead atoms. The van der Waals surface area contributed by atoms with Crippen molar-refractivity contribution in [1.82, 2.24) is 9.21 Å². The van der Waals surface area contributed by atoms with E-state index in [0.29, 0.717) is 5.56 Å². The van der Waals surface area contributed by atoms with Gasteiger partial charge in [0.1, 0.15) is 6.04 Å². The van der Waals surface area contributed by atoms with Gasteiger partial charge in [-0.15, -0.1) is 0 Å². The Morgan fingerprint density at radius 3 is 2.37 bits per heavy atom. The van der Waals surface area contributed by atoms with Crippen molar-refractivity contribution in [3.05, 3.63) is 69.8 Å². The molecule has 0 spiro atoms. The van der Waals surface area contributed by atoms with Crippen LogP contribution in [0.1, 0.15) is 25.0 Å². The number of nitrogens with zero attached hydrogens (tertiary/aromatic N) is 3. The molecule has 1 saturated heterocycles. The fourth-order valence-electron chi connectivity index (χ4n) is 4.22. The average Bonchev–Trinajstić information content (AvgIpc) is 2.81. The lowest BCUT2D eigenvalue weighted by Crippen LogP contribution is -2.58. The minimum atomic E-state index is -4.16. The van der Waals surface area contributed by atoms with Crippen LogP contribution in [0.4, 0.5) is 14.5 Å². The van der Waals surface area contributed by atoms with E-state index in [-0.39, 0.29) is 36.5 Å². The van der Waals surface area contributed by atoms with E-state index in [2.05, 4.69) is 0 Å². The second kappa shape index (κ2) is 10.3. The van der Waals surface area contributed by atoms with Gasteiger partial charge in [0.25, 0.3) is 11.6 Å². The number of halogens is 2. The van der Waals surface area contributed by atoms with Crippen LogP contribution in [0.25, 0.3) is 0 Å². The normalized spacial score (nSPS) is 18.7. The largest absolute Gasteiger partial charge is 0.468 e. The molecule has 0 amide bonds. The summed E-state index contributed by atoms with van der Waals surface area (Å²) in [4.78, 5) is 24.6. The molecule has 0 saturated carbocycles. The molecule has 1 aliphatic heterocycles. The van der Waals surface area contributed by atoms with Crippen LogP contribution < -0.4 is 0 Å². The molecule has 0 aromatic heterocycles. The number of rotatable bonds is 8. The highest BCUT2D eigenvalue weighted by atomic mass is 32.2. The average molecular weight is 512 g/mol. The number of alkyl halides is 2. The number of carbonyl (C=O) groups excluding carboxylic acids is 1. The van der Waals surface area contributed by atoms with Gasteiger partial charge in [0, 0.05) is 44.2 Å². The van der Waals surface area contributed by atoms with Crippen LogP contribution in [0.3, 0.4) is 0 Å². The molecule has 0 unspecified atom stereocenters. The maximum Gasteiger partial charge on any atom is 0.323 e. The lowest BCUT2D eigenvalue weighted by atomic mass is 10.0. The Bertz CT molecular complexity index is 1180. The molecule has 190 valence electrons. The highest BCUT2D eigenvalue weighted by molar-refractivity contribution is 7.89. The predicted molar refractivity (Wildman–Crippen MR) is 124 cm³/mol. The Morgan fingerprint density at radius 2 is 1.83 bits per heavy atom. The zero-order valence-electron chi connectivity index (χ0n) is 19.6. The molecule has 0 aliphatic carbocycles. The quantitative estimate of drug-likeness (QED) is 0.304. The summed E-state index contributed by atoms with van der Waals surface area (Å²) in [6.07, 6.45) is 0.186. The van der Waals surface area contributed by atoms with Gasteiger partial charge in [-0.3, -0.25) is 19.8 Å². The van der Waals surface area contributed by atoms with Crippen molar-refractivity contribution < 1.29 is 31.7 Å². The van der Waals surface area contributed by atoms with Crippen molar-refractivity contribution in [1.29, 1.82) is 0 Å². The standard InChI is InChI=1S/C23H27F2N3O6S/c1-16-15-26(12-13-27(16)35(32,33)21-7-5-4-6-19(21)28(30)31)20(22(29)34-3)14-17-8-10-18(11-9-17)23(2,24)25/h4-11,16,20H,12-15H2,1-3H3/t16-,20-/m0/s1. The van der Waals surface area contributed by atoms with Gasteiger partial charge in [-0.25, -0.2) is 17.2 Å². The van der Waals surface area contributed by atoms with Crippen molar-refractivity contribution in [3.63, 3.8) is 0 Å². The summed E-state index contributed by atoms with van der Waals surface area (Å²) in [6, 6.07) is 9.49. The van der Waals surface area contributed by atoms with Crippen molar-refractivity contribution in [3.8, 4) is 0 Å². The first kappa shape index (κ1) is 26.6. The van der Waals surface area contributed by atoms with Crippen molar-refractivity contribution in [2.75, 3.05) is 26.7 Å². The fourth-order valence-corrected chi connectivity index (χ4v) is 5.99. The first-order valence-corrected chi connectivity index (χ1v) is 12.3. The number of esters is 1. The maximum atomic E-state index is 13.5. The SMILES string of the molecule is COC(=O)[C@H](Cc1ccc(C(C)(F)F)cc1)N1CCN(S(=O)(=O)c2ccccc2[N+](=O)[O-])[C@@H](C)C1. The molecule has 2 atom stereocenters. The molecule has 1 heterocycles. The molecule has 2 aromatic rings. The summed E-state index contributed by atoms with van der Waals surface area (Å²) in [5.41, 5.74) is 0.00463. The molecule has 9 nitrogen and oxygen atoms in total. The molecular formula is C23H27F2N3O6S. The summed E-state index contributed by atoms with van der Waals surface area (Å²) in [5.74, 6) is -3.51. The Morgan fingerprint density at radius 1 is 1.20 bits per heavy atom. The number of ether oxygens (including phenoxy) is 1. The van der Waals surface area contributed by atoms with Gasteiger partial charge in [0.15, 0.2) is 4.90 Å². The molecular weight excluding hydrogens is 484 g/mol. The van der Waals surface area contributed by atoms with Gasteiger partial charge in [-0.2, -0.15) is 4.31 Å². The minimum Gasteiger partial charge on any atom is -0.468 e. The monoisotopic (exact) mass is 511 g/mol. The van der Waals surface area contributed by atoms with Gasteiger partial charge in [-0.1, -0.05) is 36.4 Å². The van der Waals surface area contributed by atoms with Crippen LogP contribution in [-0.2, 0) is 31.9 Å². The first-order valence-electron chi connectivity index (χ1n) is 10.9. The number of benzene rings is 2. The number of carbonyl (C=O) groups is 1. The summed E-state index contributed by atoms with van der Waals surface area (Å²) in [7, 11) is -2.92. The minimum absolute atomic E-state index is 0.00401. The number of para-hydroxylation sites is 1. The van der Waals surface area contributed by atoms with Crippen LogP contribution >= 0.6 is 0 Å². The van der Waals surface area contributed by atoms with Crippen LogP contribution in [-0.4, -0.2) is 67.3 Å². The van der Waals surface area contributed by atoms with Gasteiger partial charge < -0.3 is 4.74 Å². The Labute approximate surface area is 202 Å². The third-order valence-electron chi connectivity index (χ3n) is 6.05. The summed E-state index contributed by atoms with van der Waals surface area (Å²) in [5, 5.41) is 11.4. The number of hydrogen-bond acceptors (Lipinski definition) is 7. The van der Waals surface area contributed by atoms with Gasteiger partial charge in [0.05, 0.1) is 12.0 Å². The van der Waals surface area contributed by atoms with Gasteiger partial charge in [-0.05, 0) is 25.0 Å². The topological polar surface area (TPSA) is 110 Å². The van der Waals surface area contributed by atoms with Crippen LogP contribution in [0, 0.1) is 10.1 Å². The number of methoxy groups -OCH3 is 1. The summed E-state index contributed by atoms with van der Waals surface area (Å²) < 4.78 is 59.7. The molecule has 0 N–H and O–H groups in total. The van der Waals surface area contributed by atoms with E-state index >= 15 is 0 Å². The fraction of sp³-hybridized carbons (Fsp3) is 0.435. The third kappa shape index (κ3) is 5.82. The molecule has 0 radical (unpaired) electrons. The predicted octanol–water partition coefficient (Wildman–Crippen LogP) is 3.19. The zero-order valence-corrected chi connectivity index (χ0v) is 20.4. The van der Waals surface area contributed by atoms with E-state index in [9.17, 15) is 32.1 Å². The van der Waals surface area contributed by atoms with E-state index in [1.807, 2.05) is 0 Å². The highest BCUT2D eigenvalue weighted by Gasteiger charge is 2.40. The van der Waals surface area contributed by atoms with E-state index in [1.165, 1.54) is 53.9 Å². The van der Waals surface area contributed by atoms with Crippen molar-refractivity contribution >= 4 is 21.7 Å². The van der Waals surface area contributed by atoms with Gasteiger partial charge >= 0.3 is 5.97 Å². The van der Waals surface area contributed by atoms with Crippen LogP contribution in [0.2, 0.25) is 0 Å². The Kier molecular flexibility index (Phi) is 7.87. The number of piperazine rings is 1. The van der Waals surface area contributed by atoms with E-state index < -0.39 is 44.6 Å². The number of sulfonamides is 1. The summed E-state index contributed by atoms with van der Waals surface area (Å²) >= 11 is 0. The van der Waals surface area contributed by atoms with Crippen LogP contribution in [0.15, 0.2) is 53.4 Å². The highest BCUT2D eigenvalue weighted by Crippen LogP contribution is 2.30. The Hall–Kier alpha value is -2.96. The van der Waals surface area contributed by atoms with Gasteiger partial charge in [0.2, 0.25) is 10.0 Å². The number of nitro benzene ring substituents is 1. The smallest absolute Gasteiger partial charge is 0.323 e. The lowest BCUT2D eigenvalue weighted by Gasteiger charge is -2.41. The van der Waals surface area contributed by atoms with E-state index in [4.69, 9.17) is 4.74 Å². The summed E-state index contributed by atoms with van der Waals surface area (Å²) in [6.45, 7) is 2.81. The second-order valence-corrected chi connectivity index (χ2v) is 10.4. The molecule has 1 fully saturated rings. The third-order valence-corrected chi connectivity index (χ3v) is 8.11. The molecule has 35 heavy (non-hydrogen) atoms.